The van der Waals surface area contributed by atoms with Crippen LogP contribution in [0, 0.1) is 0 Å². The quantitative estimate of drug-likeness (QED) is 0.554. The summed E-state index contributed by atoms with van der Waals surface area (Å²) < 4.78 is 5.59. The molecule has 3 rings (SSSR count). The summed E-state index contributed by atoms with van der Waals surface area (Å²) in [6.45, 7) is 9.51. The zero-order valence-corrected chi connectivity index (χ0v) is 16.8. The minimum atomic E-state index is 0.284. The van der Waals surface area contributed by atoms with Gasteiger partial charge in [0.1, 0.15) is 0 Å². The molecular formula is C20H39N5O. The van der Waals surface area contributed by atoms with E-state index in [0.717, 1.165) is 51.9 Å². The fourth-order valence-electron chi connectivity index (χ4n) is 4.84. The van der Waals surface area contributed by atoms with Gasteiger partial charge in [0.05, 0.1) is 13.2 Å². The summed E-state index contributed by atoms with van der Waals surface area (Å²) in [5.41, 5.74) is 0.284. The van der Waals surface area contributed by atoms with E-state index in [1.807, 2.05) is 7.05 Å². The molecule has 26 heavy (non-hydrogen) atoms. The molecule has 0 spiro atoms. The first-order chi connectivity index (χ1) is 12.8. The number of guanidine groups is 1. The molecular weight excluding hydrogens is 326 g/mol. The third kappa shape index (κ3) is 5.57. The molecule has 3 aliphatic rings. The Hall–Kier alpha value is -0.850. The third-order valence-corrected chi connectivity index (χ3v) is 6.44. The second-order valence-corrected chi connectivity index (χ2v) is 8.14. The van der Waals surface area contributed by atoms with Gasteiger partial charge in [0.25, 0.3) is 0 Å². The lowest BCUT2D eigenvalue weighted by atomic mass is 9.80. The van der Waals surface area contributed by atoms with E-state index in [1.54, 1.807) is 0 Å². The lowest BCUT2D eigenvalue weighted by Gasteiger charge is -2.48. The Balaban J connectivity index is 1.46. The summed E-state index contributed by atoms with van der Waals surface area (Å²) in [5, 5.41) is 7.18. The smallest absolute Gasteiger partial charge is 0.191 e. The number of rotatable bonds is 6. The van der Waals surface area contributed by atoms with Crippen molar-refractivity contribution in [2.24, 2.45) is 4.99 Å². The SMILES string of the molecule is CN=C(NCCN1CCCCC1)NCC1(N2CCOCC2)CCCCC1. The van der Waals surface area contributed by atoms with Crippen molar-refractivity contribution in [1.82, 2.24) is 20.4 Å². The Morgan fingerprint density at radius 3 is 2.31 bits per heavy atom. The van der Waals surface area contributed by atoms with Crippen LogP contribution < -0.4 is 10.6 Å². The Labute approximate surface area is 159 Å². The van der Waals surface area contributed by atoms with E-state index in [2.05, 4.69) is 25.4 Å². The first-order valence-corrected chi connectivity index (χ1v) is 10.8. The number of hydrogen-bond acceptors (Lipinski definition) is 4. The number of morpholine rings is 1. The number of nitrogens with zero attached hydrogens (tertiary/aromatic N) is 3. The highest BCUT2D eigenvalue weighted by Crippen LogP contribution is 2.33. The molecule has 6 heteroatoms. The fourth-order valence-corrected chi connectivity index (χ4v) is 4.84. The predicted octanol–water partition coefficient (Wildman–Crippen LogP) is 1.67. The zero-order valence-electron chi connectivity index (χ0n) is 16.8. The zero-order chi connectivity index (χ0) is 18.1. The normalized spacial score (nSPS) is 25.8. The van der Waals surface area contributed by atoms with Crippen LogP contribution in [0.3, 0.4) is 0 Å². The van der Waals surface area contributed by atoms with Gasteiger partial charge in [0.15, 0.2) is 5.96 Å². The van der Waals surface area contributed by atoms with Crippen LogP contribution in [0.2, 0.25) is 0 Å². The molecule has 2 saturated heterocycles. The van der Waals surface area contributed by atoms with Gasteiger partial charge in [-0.15, -0.1) is 0 Å². The minimum absolute atomic E-state index is 0.284. The maximum Gasteiger partial charge on any atom is 0.191 e. The molecule has 0 bridgehead atoms. The van der Waals surface area contributed by atoms with Gasteiger partial charge < -0.3 is 20.3 Å². The van der Waals surface area contributed by atoms with Crippen molar-refractivity contribution in [2.45, 2.75) is 56.9 Å². The van der Waals surface area contributed by atoms with Gasteiger partial charge in [-0.1, -0.05) is 25.7 Å². The van der Waals surface area contributed by atoms with Crippen molar-refractivity contribution in [1.29, 1.82) is 0 Å². The van der Waals surface area contributed by atoms with Crippen molar-refractivity contribution >= 4 is 5.96 Å². The maximum atomic E-state index is 5.59. The van der Waals surface area contributed by atoms with Crippen LogP contribution in [0.15, 0.2) is 4.99 Å². The summed E-state index contributed by atoms with van der Waals surface area (Å²) in [4.78, 5) is 9.72. The molecule has 0 aromatic rings. The summed E-state index contributed by atoms with van der Waals surface area (Å²) in [7, 11) is 1.89. The minimum Gasteiger partial charge on any atom is -0.379 e. The largest absolute Gasteiger partial charge is 0.379 e. The van der Waals surface area contributed by atoms with Gasteiger partial charge in [-0.3, -0.25) is 9.89 Å². The van der Waals surface area contributed by atoms with Gasteiger partial charge in [-0.05, 0) is 38.8 Å². The molecule has 2 aliphatic heterocycles. The molecule has 0 aromatic carbocycles. The molecule has 0 aromatic heterocycles. The average molecular weight is 366 g/mol. The van der Waals surface area contributed by atoms with E-state index in [9.17, 15) is 0 Å². The molecule has 150 valence electrons. The number of ether oxygens (including phenoxy) is 1. The molecule has 1 saturated carbocycles. The van der Waals surface area contributed by atoms with Crippen LogP contribution in [0.4, 0.5) is 0 Å². The Kier molecular flexibility index (Phi) is 8.02. The van der Waals surface area contributed by atoms with Gasteiger partial charge >= 0.3 is 0 Å². The van der Waals surface area contributed by atoms with E-state index < -0.39 is 0 Å². The number of piperidine rings is 1. The van der Waals surface area contributed by atoms with Gasteiger partial charge in [-0.25, -0.2) is 0 Å². The first kappa shape index (κ1) is 19.9. The van der Waals surface area contributed by atoms with Gasteiger partial charge in [0, 0.05) is 45.3 Å². The van der Waals surface area contributed by atoms with Crippen LogP contribution in [-0.4, -0.2) is 87.4 Å². The van der Waals surface area contributed by atoms with E-state index in [1.165, 1.54) is 64.5 Å². The lowest BCUT2D eigenvalue weighted by Crippen LogP contribution is -2.60. The van der Waals surface area contributed by atoms with Crippen molar-refractivity contribution in [3.05, 3.63) is 0 Å². The van der Waals surface area contributed by atoms with Crippen LogP contribution in [0.25, 0.3) is 0 Å². The van der Waals surface area contributed by atoms with Crippen molar-refractivity contribution in [2.75, 3.05) is 66.1 Å². The second kappa shape index (κ2) is 10.5. The average Bonchev–Trinajstić information content (AvgIpc) is 2.72. The van der Waals surface area contributed by atoms with E-state index in [0.29, 0.717) is 0 Å². The van der Waals surface area contributed by atoms with Gasteiger partial charge in [-0.2, -0.15) is 0 Å². The molecule has 0 radical (unpaired) electrons. The number of hydrogen-bond donors (Lipinski definition) is 2. The van der Waals surface area contributed by atoms with Crippen molar-refractivity contribution < 1.29 is 4.74 Å². The maximum absolute atomic E-state index is 5.59. The topological polar surface area (TPSA) is 52.1 Å². The van der Waals surface area contributed by atoms with Crippen LogP contribution in [0.1, 0.15) is 51.4 Å². The molecule has 1 aliphatic carbocycles. The second-order valence-electron chi connectivity index (χ2n) is 8.14. The summed E-state index contributed by atoms with van der Waals surface area (Å²) in [6.07, 6.45) is 10.8. The standard InChI is InChI=1S/C20H39N5O/c1-21-19(22-10-13-24-11-6-3-7-12-24)23-18-20(8-4-2-5-9-20)25-14-16-26-17-15-25/h2-18H2,1H3,(H2,21,22,23). The molecule has 0 amide bonds. The number of likely N-dealkylation sites (tertiary alicyclic amines) is 1. The molecule has 3 fully saturated rings. The van der Waals surface area contributed by atoms with Crippen LogP contribution >= 0.6 is 0 Å². The van der Waals surface area contributed by atoms with E-state index in [4.69, 9.17) is 4.74 Å². The van der Waals surface area contributed by atoms with E-state index in [-0.39, 0.29) is 5.54 Å². The highest BCUT2D eigenvalue weighted by molar-refractivity contribution is 5.79. The summed E-state index contributed by atoms with van der Waals surface area (Å²) >= 11 is 0. The monoisotopic (exact) mass is 365 g/mol. The first-order valence-electron chi connectivity index (χ1n) is 10.8. The Bertz CT molecular complexity index is 424. The van der Waals surface area contributed by atoms with Gasteiger partial charge in [0.2, 0.25) is 0 Å². The Morgan fingerprint density at radius 2 is 1.62 bits per heavy atom. The summed E-state index contributed by atoms with van der Waals surface area (Å²) in [6, 6.07) is 0. The number of aliphatic imine (C=N–C) groups is 1. The highest BCUT2D eigenvalue weighted by atomic mass is 16.5. The number of nitrogens with one attached hydrogen (secondary N) is 2. The lowest BCUT2D eigenvalue weighted by molar-refractivity contribution is -0.0352. The fraction of sp³-hybridized carbons (Fsp3) is 0.950. The molecule has 0 atom stereocenters. The Morgan fingerprint density at radius 1 is 0.923 bits per heavy atom. The summed E-state index contributed by atoms with van der Waals surface area (Å²) in [5.74, 6) is 0.959. The van der Waals surface area contributed by atoms with Crippen molar-refractivity contribution in [3.8, 4) is 0 Å². The van der Waals surface area contributed by atoms with Crippen LogP contribution in [-0.2, 0) is 4.74 Å². The molecule has 2 heterocycles. The third-order valence-electron chi connectivity index (χ3n) is 6.44. The van der Waals surface area contributed by atoms with Crippen molar-refractivity contribution in [3.63, 3.8) is 0 Å². The molecule has 2 N–H and O–H groups in total. The van der Waals surface area contributed by atoms with E-state index >= 15 is 0 Å². The molecule has 0 unspecified atom stereocenters. The highest BCUT2D eigenvalue weighted by Gasteiger charge is 2.38. The molecule has 6 nitrogen and oxygen atoms in total. The van der Waals surface area contributed by atoms with Crippen LogP contribution in [0.5, 0.6) is 0 Å². The predicted molar refractivity (Wildman–Crippen MR) is 108 cm³/mol.